The van der Waals surface area contributed by atoms with Crippen molar-refractivity contribution in [2.45, 2.75) is 95.2 Å². The highest BCUT2D eigenvalue weighted by atomic mass is 32.2. The van der Waals surface area contributed by atoms with Crippen molar-refractivity contribution in [1.29, 1.82) is 0 Å². The summed E-state index contributed by atoms with van der Waals surface area (Å²) in [6.45, 7) is 3.34. The molecule has 44 heavy (non-hydrogen) atoms. The van der Waals surface area contributed by atoms with Crippen LogP contribution in [0.1, 0.15) is 57.4 Å². The molecule has 3 N–H and O–H groups in total. The Morgan fingerprint density at radius 1 is 1.16 bits per heavy atom. The Morgan fingerprint density at radius 3 is 2.64 bits per heavy atom. The molecular weight excluding hydrogens is 609 g/mol. The van der Waals surface area contributed by atoms with E-state index in [2.05, 4.69) is 20.0 Å². The molecule has 240 valence electrons. The average molecular weight is 650 g/mol. The fourth-order valence-corrected chi connectivity index (χ4v) is 7.73. The van der Waals surface area contributed by atoms with E-state index in [0.29, 0.717) is 29.0 Å². The summed E-state index contributed by atoms with van der Waals surface area (Å²) in [4.78, 5) is 26.1. The maximum atomic E-state index is 14.4. The van der Waals surface area contributed by atoms with Crippen LogP contribution in [0, 0.1) is 6.92 Å². The van der Waals surface area contributed by atoms with Crippen molar-refractivity contribution in [3.8, 4) is 5.75 Å². The third-order valence-corrected chi connectivity index (χ3v) is 10.2. The first-order chi connectivity index (χ1) is 21.2. The first kappa shape index (κ1) is 32.8. The summed E-state index contributed by atoms with van der Waals surface area (Å²) in [5.74, 6) is 0.333. The van der Waals surface area contributed by atoms with Crippen LogP contribution in [0.3, 0.4) is 0 Å². The van der Waals surface area contributed by atoms with Crippen molar-refractivity contribution in [3.63, 3.8) is 0 Å². The number of nitrogens with one attached hydrogen (secondary N) is 1. The number of hydrogen-bond donors (Lipinski definition) is 3. The van der Waals surface area contributed by atoms with Gasteiger partial charge >= 0.3 is 13.7 Å². The third kappa shape index (κ3) is 7.61. The summed E-state index contributed by atoms with van der Waals surface area (Å²) in [6, 6.07) is 7.49. The van der Waals surface area contributed by atoms with Gasteiger partial charge in [0.2, 0.25) is 0 Å². The van der Waals surface area contributed by atoms with Gasteiger partial charge in [-0.05, 0) is 70.1 Å². The lowest BCUT2D eigenvalue weighted by Crippen LogP contribution is -2.43. The molecule has 3 unspecified atom stereocenters. The zero-order valence-electron chi connectivity index (χ0n) is 25.0. The molecule has 3 heterocycles. The monoisotopic (exact) mass is 649 g/mol. The van der Waals surface area contributed by atoms with Gasteiger partial charge < -0.3 is 24.2 Å². The summed E-state index contributed by atoms with van der Waals surface area (Å²) >= 11 is 1.54. The SMILES string of the molecule is CSCCC(NP(=O)(Oc1ccccc1)OC(C)[C@H]1O[C@@H](n2cnc3c(C)ncnc32)[C@H](O)[C@@H]1O)C(=O)OC1CCCCC1. The number of aliphatic hydroxyl groups excluding tert-OH is 2. The first-order valence-electron chi connectivity index (χ1n) is 14.8. The maximum absolute atomic E-state index is 14.4. The molecule has 0 spiro atoms. The molecule has 0 radical (unpaired) electrons. The quantitative estimate of drug-likeness (QED) is 0.180. The smallest absolute Gasteiger partial charge is 0.459 e. The van der Waals surface area contributed by atoms with E-state index in [1.807, 2.05) is 6.26 Å². The Labute approximate surface area is 260 Å². The number of carbonyl (C=O) groups excluding carboxylic acids is 1. The average Bonchev–Trinajstić information content (AvgIpc) is 3.57. The van der Waals surface area contributed by atoms with Gasteiger partial charge in [0.1, 0.15) is 48.1 Å². The largest absolute Gasteiger partial charge is 0.461 e. The molecule has 2 aliphatic rings. The van der Waals surface area contributed by atoms with Gasteiger partial charge in [-0.2, -0.15) is 16.8 Å². The lowest BCUT2D eigenvalue weighted by molar-refractivity contribution is -0.152. The molecule has 15 heteroatoms. The number of benzene rings is 1. The fourth-order valence-electron chi connectivity index (χ4n) is 5.53. The van der Waals surface area contributed by atoms with Crippen molar-refractivity contribution < 1.29 is 38.1 Å². The number of carbonyl (C=O) groups is 1. The summed E-state index contributed by atoms with van der Waals surface area (Å²) in [5, 5.41) is 24.9. The van der Waals surface area contributed by atoms with Crippen LogP contribution in [0.25, 0.3) is 11.2 Å². The minimum Gasteiger partial charge on any atom is -0.461 e. The van der Waals surface area contributed by atoms with Gasteiger partial charge in [0.15, 0.2) is 11.9 Å². The van der Waals surface area contributed by atoms with Gasteiger partial charge in [-0.25, -0.2) is 19.5 Å². The van der Waals surface area contributed by atoms with Crippen molar-refractivity contribution in [3.05, 3.63) is 48.7 Å². The number of nitrogens with zero attached hydrogens (tertiary/aromatic N) is 4. The van der Waals surface area contributed by atoms with Crippen LogP contribution in [0.4, 0.5) is 0 Å². The van der Waals surface area contributed by atoms with E-state index in [0.717, 1.165) is 32.1 Å². The number of thioether (sulfide) groups is 1. The van der Waals surface area contributed by atoms with Crippen molar-refractivity contribution >= 4 is 36.6 Å². The van der Waals surface area contributed by atoms with Crippen LogP contribution in [-0.2, 0) is 23.4 Å². The van der Waals surface area contributed by atoms with Gasteiger partial charge in [-0.3, -0.25) is 13.9 Å². The molecule has 0 amide bonds. The van der Waals surface area contributed by atoms with E-state index in [4.69, 9.17) is 18.5 Å². The topological polar surface area (TPSA) is 167 Å². The zero-order valence-corrected chi connectivity index (χ0v) is 26.7. The van der Waals surface area contributed by atoms with Crippen molar-refractivity contribution in [1.82, 2.24) is 24.6 Å². The predicted molar refractivity (Wildman–Crippen MR) is 164 cm³/mol. The van der Waals surface area contributed by atoms with E-state index >= 15 is 0 Å². The van der Waals surface area contributed by atoms with Crippen molar-refractivity contribution in [2.75, 3.05) is 12.0 Å². The third-order valence-electron chi connectivity index (χ3n) is 7.87. The molecule has 5 rings (SSSR count). The Hall–Kier alpha value is -2.58. The number of esters is 1. The van der Waals surface area contributed by atoms with Gasteiger partial charge in [-0.15, -0.1) is 0 Å². The number of aliphatic hydroxyl groups is 2. The fraction of sp³-hybridized carbons (Fsp3) is 0.586. The van der Waals surface area contributed by atoms with Crippen LogP contribution >= 0.6 is 19.5 Å². The second-order valence-electron chi connectivity index (χ2n) is 11.1. The summed E-state index contributed by atoms with van der Waals surface area (Å²) < 4.78 is 39.8. The molecule has 1 aliphatic heterocycles. The van der Waals surface area contributed by atoms with Crippen molar-refractivity contribution in [2.24, 2.45) is 0 Å². The molecule has 2 aromatic heterocycles. The number of imidazole rings is 1. The van der Waals surface area contributed by atoms with E-state index in [9.17, 15) is 19.6 Å². The number of para-hydroxylation sites is 1. The van der Waals surface area contributed by atoms with E-state index < -0.39 is 50.4 Å². The van der Waals surface area contributed by atoms with Gasteiger partial charge in [-0.1, -0.05) is 24.6 Å². The van der Waals surface area contributed by atoms with Crippen LogP contribution in [0.15, 0.2) is 43.0 Å². The summed E-state index contributed by atoms with van der Waals surface area (Å²) in [7, 11) is -4.30. The lowest BCUT2D eigenvalue weighted by atomic mass is 9.98. The molecule has 0 bridgehead atoms. The molecule has 3 aromatic rings. The van der Waals surface area contributed by atoms with Gasteiger partial charge in [0, 0.05) is 0 Å². The number of hydrogen-bond acceptors (Lipinski definition) is 12. The number of aromatic nitrogens is 4. The number of rotatable bonds is 13. The van der Waals surface area contributed by atoms with E-state index in [1.165, 1.54) is 17.2 Å². The second-order valence-corrected chi connectivity index (χ2v) is 13.8. The highest BCUT2D eigenvalue weighted by Crippen LogP contribution is 2.48. The maximum Gasteiger partial charge on any atom is 0.459 e. The van der Waals surface area contributed by atoms with Gasteiger partial charge in [0.05, 0.1) is 18.1 Å². The molecule has 1 saturated heterocycles. The van der Waals surface area contributed by atoms with E-state index in [-0.39, 0.29) is 11.9 Å². The normalized spacial score (nSPS) is 25.4. The molecule has 1 aromatic carbocycles. The molecular formula is C29H40N5O8PS. The zero-order chi connectivity index (χ0) is 31.3. The predicted octanol–water partition coefficient (Wildman–Crippen LogP) is 3.93. The molecule has 2 fully saturated rings. The molecule has 13 nitrogen and oxygen atoms in total. The Kier molecular flexibility index (Phi) is 10.9. The van der Waals surface area contributed by atoms with Gasteiger partial charge in [0.25, 0.3) is 0 Å². The van der Waals surface area contributed by atoms with Crippen LogP contribution in [-0.4, -0.2) is 84.3 Å². The Balaban J connectivity index is 1.36. The molecule has 1 aliphatic carbocycles. The van der Waals surface area contributed by atoms with E-state index in [1.54, 1.807) is 55.9 Å². The van der Waals surface area contributed by atoms with Crippen LogP contribution in [0.5, 0.6) is 5.75 Å². The summed E-state index contributed by atoms with van der Waals surface area (Å²) in [6.07, 6.45) is 3.57. The number of ether oxygens (including phenoxy) is 2. The number of aryl methyl sites for hydroxylation is 1. The minimum absolute atomic E-state index is 0.183. The highest BCUT2D eigenvalue weighted by molar-refractivity contribution is 7.98. The van der Waals surface area contributed by atoms with Crippen LogP contribution < -0.4 is 9.61 Å². The first-order valence-corrected chi connectivity index (χ1v) is 17.8. The standard InChI is InChI=1S/C29H40N5O8PS/c1-18-23-27(31-16-30-18)34(17-32-23)28-25(36)24(35)26(40-28)19(2)41-43(38,42-21-12-8-5-9-13-21)33-22(14-15-44-3)29(37)39-20-10-6-4-7-11-20/h5,8-9,12-13,16-17,19-20,22,24-26,28,35-36H,4,6-7,10-11,14-15H2,1-3H3,(H,33,38)/t19?,22?,24-,25+,26+,28+,43?/m0/s1. The minimum atomic E-state index is -4.30. The Morgan fingerprint density at radius 2 is 1.91 bits per heavy atom. The molecule has 7 atom stereocenters. The second kappa shape index (κ2) is 14.7. The molecule has 1 saturated carbocycles. The summed E-state index contributed by atoms with van der Waals surface area (Å²) in [5.41, 5.74) is 1.61. The highest BCUT2D eigenvalue weighted by Gasteiger charge is 2.49. The van der Waals surface area contributed by atoms with Crippen LogP contribution in [0.2, 0.25) is 0 Å². The lowest BCUT2D eigenvalue weighted by Gasteiger charge is -2.30. The Bertz CT molecular complexity index is 1440. The number of fused-ring (bicyclic) bond motifs is 1.